The van der Waals surface area contributed by atoms with Gasteiger partial charge in [-0.2, -0.15) is 10.5 Å². The lowest BCUT2D eigenvalue weighted by molar-refractivity contribution is 0.925. The van der Waals surface area contributed by atoms with Crippen molar-refractivity contribution >= 4 is 11.8 Å². The van der Waals surface area contributed by atoms with Gasteiger partial charge in [-0.15, -0.1) is 11.8 Å². The van der Waals surface area contributed by atoms with Crippen molar-refractivity contribution in [1.29, 1.82) is 10.5 Å². The van der Waals surface area contributed by atoms with E-state index in [1.54, 1.807) is 6.07 Å². The summed E-state index contributed by atoms with van der Waals surface area (Å²) in [5.74, 6) is 0.523. The molecule has 0 amide bonds. The van der Waals surface area contributed by atoms with Gasteiger partial charge in [0.15, 0.2) is 11.4 Å². The molecule has 0 bridgehead atoms. The molecule has 0 N–H and O–H groups in total. The summed E-state index contributed by atoms with van der Waals surface area (Å²) in [6.45, 7) is 0. The van der Waals surface area contributed by atoms with Crippen LogP contribution in [0.3, 0.4) is 0 Å². The Labute approximate surface area is 102 Å². The minimum absolute atomic E-state index is 0.0943. The molecule has 0 radical (unpaired) electrons. The Morgan fingerprint density at radius 1 is 1.24 bits per heavy atom. The Bertz CT molecular complexity index is 633. The third-order valence-electron chi connectivity index (χ3n) is 2.06. The lowest BCUT2D eigenvalue weighted by Gasteiger charge is -2.02. The van der Waals surface area contributed by atoms with E-state index in [0.29, 0.717) is 5.82 Å². The second kappa shape index (κ2) is 4.64. The highest BCUT2D eigenvalue weighted by molar-refractivity contribution is 7.98. The van der Waals surface area contributed by atoms with Crippen molar-refractivity contribution in [2.24, 2.45) is 0 Å². The van der Waals surface area contributed by atoms with Crippen molar-refractivity contribution in [1.82, 2.24) is 19.5 Å². The maximum atomic E-state index is 9.00. The molecule has 0 saturated carbocycles. The summed E-state index contributed by atoms with van der Waals surface area (Å²) in [6, 6.07) is 5.53. The number of hydrogen-bond donors (Lipinski definition) is 0. The van der Waals surface area contributed by atoms with Crippen LogP contribution in [0.25, 0.3) is 5.82 Å². The monoisotopic (exact) mass is 242 g/mol. The molecule has 0 spiro atoms. The zero-order chi connectivity index (χ0) is 12.3. The van der Waals surface area contributed by atoms with Crippen LogP contribution in [-0.4, -0.2) is 25.8 Å². The summed E-state index contributed by atoms with van der Waals surface area (Å²) in [5.41, 5.74) is 0.273. The van der Waals surface area contributed by atoms with Crippen LogP contribution >= 0.6 is 11.8 Å². The SMILES string of the molecule is CSc1cc(-n2cnc(C#N)c2C#N)ncn1. The number of nitriles is 2. The highest BCUT2D eigenvalue weighted by Crippen LogP contribution is 2.16. The van der Waals surface area contributed by atoms with Crippen molar-refractivity contribution in [3.8, 4) is 18.0 Å². The first-order chi connectivity index (χ1) is 8.30. The quantitative estimate of drug-likeness (QED) is 0.579. The molecule has 0 atom stereocenters. The largest absolute Gasteiger partial charge is 0.273 e. The van der Waals surface area contributed by atoms with Gasteiger partial charge in [0, 0.05) is 6.07 Å². The summed E-state index contributed by atoms with van der Waals surface area (Å²) >= 11 is 1.47. The molecule has 0 saturated heterocycles. The fourth-order valence-corrected chi connectivity index (χ4v) is 1.66. The number of aromatic nitrogens is 4. The van der Waals surface area contributed by atoms with E-state index >= 15 is 0 Å². The normalized spacial score (nSPS) is 9.59. The molecule has 7 heteroatoms. The second-order valence-corrected chi connectivity index (χ2v) is 3.78. The standard InChI is InChI=1S/C10H6N6S/c1-17-10-2-9(13-5-14-10)16-6-15-7(3-11)8(16)4-12/h2,5-6H,1H3. The molecule has 2 rings (SSSR count). The lowest BCUT2D eigenvalue weighted by atomic mass is 10.3. The minimum Gasteiger partial charge on any atom is -0.273 e. The number of rotatable bonds is 2. The van der Waals surface area contributed by atoms with Gasteiger partial charge in [-0.25, -0.2) is 15.0 Å². The maximum absolute atomic E-state index is 9.00. The fourth-order valence-electron chi connectivity index (χ4n) is 1.28. The summed E-state index contributed by atoms with van der Waals surface area (Å²) < 4.78 is 1.47. The molecule has 82 valence electrons. The average molecular weight is 242 g/mol. The zero-order valence-corrected chi connectivity index (χ0v) is 9.64. The fraction of sp³-hybridized carbons (Fsp3) is 0.100. The van der Waals surface area contributed by atoms with Crippen LogP contribution in [0.1, 0.15) is 11.4 Å². The zero-order valence-electron chi connectivity index (χ0n) is 8.82. The van der Waals surface area contributed by atoms with Crippen LogP contribution in [0, 0.1) is 22.7 Å². The summed E-state index contributed by atoms with van der Waals surface area (Å²) in [6.07, 6.45) is 4.71. The maximum Gasteiger partial charge on any atom is 0.177 e. The Balaban J connectivity index is 2.58. The highest BCUT2D eigenvalue weighted by atomic mass is 32.2. The summed E-state index contributed by atoms with van der Waals surface area (Å²) in [5, 5.41) is 18.6. The van der Waals surface area contributed by atoms with Gasteiger partial charge >= 0.3 is 0 Å². The third-order valence-corrected chi connectivity index (χ3v) is 2.70. The van der Waals surface area contributed by atoms with Gasteiger partial charge in [0.05, 0.1) is 0 Å². The first kappa shape index (κ1) is 11.1. The first-order valence-electron chi connectivity index (χ1n) is 4.54. The Morgan fingerprint density at radius 2 is 2.06 bits per heavy atom. The molecular formula is C10H6N6S. The van der Waals surface area contributed by atoms with Gasteiger partial charge in [0.1, 0.15) is 35.6 Å². The summed E-state index contributed by atoms with van der Waals surface area (Å²) in [7, 11) is 0. The van der Waals surface area contributed by atoms with Crippen molar-refractivity contribution in [3.63, 3.8) is 0 Å². The lowest BCUT2D eigenvalue weighted by Crippen LogP contribution is -2.00. The van der Waals surface area contributed by atoms with Crippen LogP contribution < -0.4 is 0 Å². The van der Waals surface area contributed by atoms with E-state index in [1.165, 1.54) is 29.0 Å². The van der Waals surface area contributed by atoms with Crippen LogP contribution in [-0.2, 0) is 0 Å². The Hall–Kier alpha value is -2.38. The highest BCUT2D eigenvalue weighted by Gasteiger charge is 2.12. The number of hydrogen-bond acceptors (Lipinski definition) is 6. The van der Waals surface area contributed by atoms with Crippen molar-refractivity contribution in [2.45, 2.75) is 5.03 Å². The molecule has 2 heterocycles. The first-order valence-corrected chi connectivity index (χ1v) is 5.76. The van der Waals surface area contributed by atoms with Gasteiger partial charge in [-0.1, -0.05) is 0 Å². The molecule has 0 fully saturated rings. The van der Waals surface area contributed by atoms with Gasteiger partial charge in [0.25, 0.3) is 0 Å². The number of thioether (sulfide) groups is 1. The Kier molecular flexibility index (Phi) is 3.03. The van der Waals surface area contributed by atoms with E-state index in [0.717, 1.165) is 5.03 Å². The number of nitrogens with zero attached hydrogens (tertiary/aromatic N) is 6. The number of imidazole rings is 1. The van der Waals surface area contributed by atoms with E-state index in [4.69, 9.17) is 10.5 Å². The van der Waals surface area contributed by atoms with Gasteiger partial charge in [0.2, 0.25) is 0 Å². The second-order valence-electron chi connectivity index (χ2n) is 2.95. The molecule has 6 nitrogen and oxygen atoms in total. The average Bonchev–Trinajstić information content (AvgIpc) is 2.81. The molecule has 0 aliphatic carbocycles. The van der Waals surface area contributed by atoms with Crippen molar-refractivity contribution in [3.05, 3.63) is 30.1 Å². The third kappa shape index (κ3) is 1.96. The van der Waals surface area contributed by atoms with E-state index in [9.17, 15) is 0 Å². The predicted molar refractivity (Wildman–Crippen MR) is 60.4 cm³/mol. The van der Waals surface area contributed by atoms with Crippen LogP contribution in [0.5, 0.6) is 0 Å². The smallest absolute Gasteiger partial charge is 0.177 e. The molecule has 0 aromatic carbocycles. The van der Waals surface area contributed by atoms with Gasteiger partial charge < -0.3 is 0 Å². The van der Waals surface area contributed by atoms with Gasteiger partial charge in [-0.05, 0) is 6.26 Å². The summed E-state index contributed by atoms with van der Waals surface area (Å²) in [4.78, 5) is 11.9. The van der Waals surface area contributed by atoms with Crippen LogP contribution in [0.15, 0.2) is 23.7 Å². The molecule has 0 aliphatic rings. The van der Waals surface area contributed by atoms with Crippen molar-refractivity contribution in [2.75, 3.05) is 6.26 Å². The molecule has 0 unspecified atom stereocenters. The molecule has 0 aliphatic heterocycles. The molecule has 2 aromatic heterocycles. The van der Waals surface area contributed by atoms with Crippen LogP contribution in [0.2, 0.25) is 0 Å². The van der Waals surface area contributed by atoms with Crippen LogP contribution in [0.4, 0.5) is 0 Å². The van der Waals surface area contributed by atoms with E-state index in [1.807, 2.05) is 18.4 Å². The predicted octanol–water partition coefficient (Wildman–Crippen LogP) is 1.13. The van der Waals surface area contributed by atoms with Gasteiger partial charge in [-0.3, -0.25) is 4.57 Å². The Morgan fingerprint density at radius 3 is 2.71 bits per heavy atom. The molecule has 2 aromatic rings. The van der Waals surface area contributed by atoms with E-state index in [2.05, 4.69) is 15.0 Å². The minimum atomic E-state index is 0.0943. The van der Waals surface area contributed by atoms with Crippen molar-refractivity contribution < 1.29 is 0 Å². The topological polar surface area (TPSA) is 91.2 Å². The molecular weight excluding hydrogens is 236 g/mol. The van der Waals surface area contributed by atoms with E-state index in [-0.39, 0.29) is 11.4 Å². The van der Waals surface area contributed by atoms with E-state index < -0.39 is 0 Å². The molecule has 17 heavy (non-hydrogen) atoms.